The molecule has 4 saturated carbocycles. The van der Waals surface area contributed by atoms with Gasteiger partial charge in [0.25, 0.3) is 0 Å². The second-order valence-corrected chi connectivity index (χ2v) is 8.24. The van der Waals surface area contributed by atoms with Gasteiger partial charge in [-0.05, 0) is 92.9 Å². The van der Waals surface area contributed by atoms with Crippen LogP contribution in [0.1, 0.15) is 37.7 Å². The maximum Gasteiger partial charge on any atom is 0.123 e. The molecule has 4 fully saturated rings. The molecule has 4 aliphatic rings. The maximum absolute atomic E-state index is 13.2. The molecule has 1 nitrogen and oxygen atoms in total. The van der Waals surface area contributed by atoms with Crippen LogP contribution in [0.2, 0.25) is 0 Å². The van der Waals surface area contributed by atoms with E-state index >= 15 is 0 Å². The Hall–Kier alpha value is -0.890. The first-order valence-corrected chi connectivity index (χ1v) is 9.10. The highest BCUT2D eigenvalue weighted by atomic mass is 19.1. The summed E-state index contributed by atoms with van der Waals surface area (Å²) < 4.78 is 13.2. The average molecular weight is 301 g/mol. The monoisotopic (exact) mass is 301 g/mol. The van der Waals surface area contributed by atoms with Crippen molar-refractivity contribution in [3.8, 4) is 0 Å². The zero-order valence-corrected chi connectivity index (χ0v) is 13.7. The van der Waals surface area contributed by atoms with Gasteiger partial charge in [-0.3, -0.25) is 0 Å². The third-order valence-electron chi connectivity index (χ3n) is 6.62. The first kappa shape index (κ1) is 14.7. The van der Waals surface area contributed by atoms with E-state index in [1.165, 1.54) is 44.7 Å². The van der Waals surface area contributed by atoms with E-state index in [-0.39, 0.29) is 5.82 Å². The number of nitrogens with zero attached hydrogens (tertiary/aromatic N) is 1. The Kier molecular flexibility index (Phi) is 3.98. The van der Waals surface area contributed by atoms with E-state index in [1.807, 2.05) is 12.1 Å². The summed E-state index contributed by atoms with van der Waals surface area (Å²) in [6, 6.07) is 7.07. The fourth-order valence-corrected chi connectivity index (χ4v) is 5.80. The lowest BCUT2D eigenvalue weighted by Gasteiger charge is -2.55. The van der Waals surface area contributed by atoms with Crippen molar-refractivity contribution >= 4 is 0 Å². The molecule has 120 valence electrons. The van der Waals surface area contributed by atoms with Crippen LogP contribution >= 0.6 is 0 Å². The number of likely N-dealkylation sites (N-methyl/N-ethyl adjacent to an activating group) is 1. The molecule has 0 N–H and O–H groups in total. The summed E-state index contributed by atoms with van der Waals surface area (Å²) in [5.41, 5.74) is 1.12. The predicted molar refractivity (Wildman–Crippen MR) is 88.1 cm³/mol. The summed E-state index contributed by atoms with van der Waals surface area (Å²) in [6.45, 7) is 2.30. The van der Waals surface area contributed by atoms with Gasteiger partial charge in [-0.25, -0.2) is 4.39 Å². The molecule has 0 radical (unpaired) electrons. The molecular weight excluding hydrogens is 273 g/mol. The topological polar surface area (TPSA) is 3.24 Å². The predicted octanol–water partition coefficient (Wildman–Crippen LogP) is 4.37. The van der Waals surface area contributed by atoms with Crippen molar-refractivity contribution in [1.82, 2.24) is 4.90 Å². The molecule has 0 heterocycles. The molecule has 0 atom stereocenters. The number of rotatable bonds is 5. The first-order chi connectivity index (χ1) is 10.7. The number of halogens is 1. The summed E-state index contributed by atoms with van der Waals surface area (Å²) in [7, 11) is 2.25. The van der Waals surface area contributed by atoms with Crippen LogP contribution in [-0.2, 0) is 6.42 Å². The summed E-state index contributed by atoms with van der Waals surface area (Å²) in [4.78, 5) is 2.50. The van der Waals surface area contributed by atoms with E-state index in [4.69, 9.17) is 0 Å². The van der Waals surface area contributed by atoms with E-state index in [9.17, 15) is 4.39 Å². The van der Waals surface area contributed by atoms with Gasteiger partial charge in [0.2, 0.25) is 0 Å². The van der Waals surface area contributed by atoms with Gasteiger partial charge in [-0.1, -0.05) is 12.1 Å². The second kappa shape index (κ2) is 5.96. The Labute approximate surface area is 133 Å². The minimum atomic E-state index is -0.110. The minimum Gasteiger partial charge on any atom is -0.306 e. The van der Waals surface area contributed by atoms with Crippen molar-refractivity contribution in [2.75, 3.05) is 20.1 Å². The zero-order chi connectivity index (χ0) is 15.1. The highest BCUT2D eigenvalue weighted by molar-refractivity contribution is 5.16. The van der Waals surface area contributed by atoms with E-state index < -0.39 is 0 Å². The Balaban J connectivity index is 1.31. The Morgan fingerprint density at radius 3 is 2.36 bits per heavy atom. The van der Waals surface area contributed by atoms with Gasteiger partial charge in [-0.15, -0.1) is 0 Å². The van der Waals surface area contributed by atoms with Crippen molar-refractivity contribution in [2.24, 2.45) is 29.6 Å². The van der Waals surface area contributed by atoms with Gasteiger partial charge in [0.1, 0.15) is 5.82 Å². The van der Waals surface area contributed by atoms with Gasteiger partial charge in [0, 0.05) is 13.1 Å². The summed E-state index contributed by atoms with van der Waals surface area (Å²) in [6.07, 6.45) is 8.53. The van der Waals surface area contributed by atoms with Gasteiger partial charge in [0.15, 0.2) is 0 Å². The van der Waals surface area contributed by atoms with E-state index in [0.29, 0.717) is 0 Å². The molecule has 1 aromatic carbocycles. The maximum atomic E-state index is 13.2. The highest BCUT2D eigenvalue weighted by Gasteiger charge is 2.48. The van der Waals surface area contributed by atoms with E-state index in [1.54, 1.807) is 6.07 Å². The second-order valence-electron chi connectivity index (χ2n) is 8.24. The molecule has 5 rings (SSSR count). The zero-order valence-electron chi connectivity index (χ0n) is 13.7. The van der Waals surface area contributed by atoms with Crippen LogP contribution in [0.4, 0.5) is 4.39 Å². The molecule has 0 aliphatic heterocycles. The van der Waals surface area contributed by atoms with Crippen LogP contribution in [-0.4, -0.2) is 25.0 Å². The highest BCUT2D eigenvalue weighted by Crippen LogP contribution is 2.56. The molecular formula is C20H28FN. The molecule has 1 aromatic rings. The fourth-order valence-electron chi connectivity index (χ4n) is 5.80. The van der Waals surface area contributed by atoms with Crippen LogP contribution in [0.15, 0.2) is 24.3 Å². The van der Waals surface area contributed by atoms with Crippen LogP contribution in [0.5, 0.6) is 0 Å². The molecule has 2 heteroatoms. The number of hydrogen-bond donors (Lipinski definition) is 0. The third kappa shape index (κ3) is 2.95. The van der Waals surface area contributed by atoms with Gasteiger partial charge in [0.05, 0.1) is 0 Å². The SMILES string of the molecule is CN(CCc1cccc(F)c1)CC1C2CC3CC(C2)CC1C3. The summed E-state index contributed by atoms with van der Waals surface area (Å²) >= 11 is 0. The largest absolute Gasteiger partial charge is 0.306 e. The Bertz CT molecular complexity index is 498. The molecule has 22 heavy (non-hydrogen) atoms. The van der Waals surface area contributed by atoms with Crippen LogP contribution in [0, 0.1) is 35.4 Å². The molecule has 0 unspecified atom stereocenters. The van der Waals surface area contributed by atoms with Gasteiger partial charge in [-0.2, -0.15) is 0 Å². The molecule has 4 bridgehead atoms. The lowest BCUT2D eigenvalue weighted by molar-refractivity contribution is -0.0465. The standard InChI is InChI=1S/C20H28FN/c1-22(6-5-14-3-2-4-19(21)12-14)13-20-17-8-15-7-16(10-17)11-18(20)9-15/h2-4,12,15-18,20H,5-11,13H2,1H3. The Morgan fingerprint density at radius 2 is 1.73 bits per heavy atom. The lowest BCUT2D eigenvalue weighted by Crippen LogP contribution is -2.48. The lowest BCUT2D eigenvalue weighted by atomic mass is 9.52. The molecule has 0 amide bonds. The van der Waals surface area contributed by atoms with Gasteiger partial charge < -0.3 is 4.90 Å². The van der Waals surface area contributed by atoms with Crippen molar-refractivity contribution in [3.63, 3.8) is 0 Å². The van der Waals surface area contributed by atoms with Crippen LogP contribution in [0.3, 0.4) is 0 Å². The summed E-state index contributed by atoms with van der Waals surface area (Å²) in [5.74, 6) is 4.97. The minimum absolute atomic E-state index is 0.110. The first-order valence-electron chi connectivity index (χ1n) is 9.10. The number of hydrogen-bond acceptors (Lipinski definition) is 1. The van der Waals surface area contributed by atoms with E-state index in [2.05, 4.69) is 11.9 Å². The van der Waals surface area contributed by atoms with Crippen molar-refractivity contribution in [1.29, 1.82) is 0 Å². The fraction of sp³-hybridized carbons (Fsp3) is 0.700. The molecule has 0 aromatic heterocycles. The smallest absolute Gasteiger partial charge is 0.123 e. The average Bonchev–Trinajstić information content (AvgIpc) is 2.48. The van der Waals surface area contributed by atoms with Crippen LogP contribution < -0.4 is 0 Å². The third-order valence-corrected chi connectivity index (χ3v) is 6.62. The Morgan fingerprint density at radius 1 is 1.05 bits per heavy atom. The molecule has 0 spiro atoms. The summed E-state index contributed by atoms with van der Waals surface area (Å²) in [5, 5.41) is 0. The molecule has 0 saturated heterocycles. The molecule has 4 aliphatic carbocycles. The van der Waals surface area contributed by atoms with E-state index in [0.717, 1.165) is 48.1 Å². The normalized spacial score (nSPS) is 36.2. The van der Waals surface area contributed by atoms with Crippen molar-refractivity contribution in [2.45, 2.75) is 38.5 Å². The quantitative estimate of drug-likeness (QED) is 0.780. The van der Waals surface area contributed by atoms with Gasteiger partial charge >= 0.3 is 0 Å². The number of benzene rings is 1. The van der Waals surface area contributed by atoms with Crippen LogP contribution in [0.25, 0.3) is 0 Å². The van der Waals surface area contributed by atoms with Crippen molar-refractivity contribution < 1.29 is 4.39 Å². The van der Waals surface area contributed by atoms with Crippen molar-refractivity contribution in [3.05, 3.63) is 35.6 Å².